The Morgan fingerprint density at radius 3 is 2.67 bits per heavy atom. The highest BCUT2D eigenvalue weighted by atomic mass is 35.5. The zero-order valence-electron chi connectivity index (χ0n) is 11.4. The third kappa shape index (κ3) is 2.93. The predicted octanol–water partition coefficient (Wildman–Crippen LogP) is 4.76. The Hall–Kier alpha value is -1.48. The third-order valence-corrected chi connectivity index (χ3v) is 4.43. The Bertz CT molecular complexity index is 764. The molecule has 1 heterocycles. The average molecular weight is 319 g/mol. The van der Waals surface area contributed by atoms with E-state index >= 15 is 0 Å². The van der Waals surface area contributed by atoms with Gasteiger partial charge in [0.2, 0.25) is 0 Å². The Morgan fingerprint density at radius 1 is 1.10 bits per heavy atom. The second kappa shape index (κ2) is 6.10. The molecule has 0 aliphatic rings. The molecule has 1 atom stereocenters. The summed E-state index contributed by atoms with van der Waals surface area (Å²) in [6.45, 7) is 0.560. The Labute approximate surface area is 133 Å². The highest BCUT2D eigenvalue weighted by Crippen LogP contribution is 2.31. The lowest BCUT2D eigenvalue weighted by molar-refractivity contribution is 0.699. The smallest absolute Gasteiger partial charge is 0.0457 e. The number of H-pyrrole nitrogens is 1. The number of benzene rings is 2. The van der Waals surface area contributed by atoms with Gasteiger partial charge in [-0.3, -0.25) is 0 Å². The number of nitrogens with two attached hydrogens (primary N) is 1. The number of aromatic amines is 1. The van der Waals surface area contributed by atoms with Crippen molar-refractivity contribution in [1.82, 2.24) is 4.98 Å². The van der Waals surface area contributed by atoms with Gasteiger partial charge in [-0.05, 0) is 48.4 Å². The third-order valence-electron chi connectivity index (χ3n) is 3.82. The summed E-state index contributed by atoms with van der Waals surface area (Å²) in [7, 11) is 0. The lowest BCUT2D eigenvalue weighted by Crippen LogP contribution is -2.15. The summed E-state index contributed by atoms with van der Waals surface area (Å²) in [5.74, 6) is 0.206. The van der Waals surface area contributed by atoms with Gasteiger partial charge in [-0.25, -0.2) is 0 Å². The molecule has 1 aromatic heterocycles. The SMILES string of the molecule is NCC(Cc1ccccc1Cl)c1c[nH]c2ccc(Cl)cc12. The summed E-state index contributed by atoms with van der Waals surface area (Å²) in [5, 5.41) is 2.65. The van der Waals surface area contributed by atoms with Crippen molar-refractivity contribution in [2.45, 2.75) is 12.3 Å². The summed E-state index contributed by atoms with van der Waals surface area (Å²) in [4.78, 5) is 3.28. The first-order valence-corrected chi connectivity index (χ1v) is 7.64. The van der Waals surface area contributed by atoms with Crippen molar-refractivity contribution in [3.05, 3.63) is 69.8 Å². The summed E-state index contributed by atoms with van der Waals surface area (Å²) < 4.78 is 0. The van der Waals surface area contributed by atoms with E-state index in [4.69, 9.17) is 28.9 Å². The maximum atomic E-state index is 6.26. The number of hydrogen-bond acceptors (Lipinski definition) is 1. The molecule has 0 spiro atoms. The molecule has 3 N–H and O–H groups in total. The van der Waals surface area contributed by atoms with Crippen LogP contribution in [0.1, 0.15) is 17.0 Å². The maximum Gasteiger partial charge on any atom is 0.0457 e. The van der Waals surface area contributed by atoms with E-state index in [1.165, 1.54) is 5.56 Å². The molecule has 108 valence electrons. The number of rotatable bonds is 4. The fourth-order valence-corrected chi connectivity index (χ4v) is 3.09. The number of aromatic nitrogens is 1. The normalized spacial score (nSPS) is 12.7. The van der Waals surface area contributed by atoms with E-state index in [0.717, 1.165) is 32.9 Å². The fraction of sp³-hybridized carbons (Fsp3) is 0.176. The topological polar surface area (TPSA) is 41.8 Å². The molecule has 0 saturated carbocycles. The minimum atomic E-state index is 0.206. The van der Waals surface area contributed by atoms with Crippen LogP contribution in [0, 0.1) is 0 Å². The van der Waals surface area contributed by atoms with Crippen LogP contribution < -0.4 is 5.73 Å². The van der Waals surface area contributed by atoms with Gasteiger partial charge in [0.1, 0.15) is 0 Å². The van der Waals surface area contributed by atoms with Crippen LogP contribution in [0.4, 0.5) is 0 Å². The molecule has 0 saturated heterocycles. The van der Waals surface area contributed by atoms with Crippen molar-refractivity contribution in [2.75, 3.05) is 6.54 Å². The van der Waals surface area contributed by atoms with E-state index in [1.807, 2.05) is 48.7 Å². The predicted molar refractivity (Wildman–Crippen MR) is 90.3 cm³/mol. The van der Waals surface area contributed by atoms with E-state index in [2.05, 4.69) is 4.98 Å². The van der Waals surface area contributed by atoms with E-state index in [-0.39, 0.29) is 5.92 Å². The summed E-state index contributed by atoms with van der Waals surface area (Å²) in [6, 6.07) is 13.8. The molecule has 0 radical (unpaired) electrons. The molecule has 3 rings (SSSR count). The van der Waals surface area contributed by atoms with Gasteiger partial charge in [0, 0.05) is 33.1 Å². The van der Waals surface area contributed by atoms with Crippen molar-refractivity contribution in [1.29, 1.82) is 0 Å². The molecule has 0 amide bonds. The largest absolute Gasteiger partial charge is 0.361 e. The Balaban J connectivity index is 1.99. The van der Waals surface area contributed by atoms with Gasteiger partial charge in [-0.15, -0.1) is 0 Å². The van der Waals surface area contributed by atoms with Gasteiger partial charge < -0.3 is 10.7 Å². The Morgan fingerprint density at radius 2 is 1.90 bits per heavy atom. The van der Waals surface area contributed by atoms with Crippen LogP contribution in [0.25, 0.3) is 10.9 Å². The molecule has 2 aromatic carbocycles. The zero-order valence-corrected chi connectivity index (χ0v) is 13.0. The molecule has 4 heteroatoms. The van der Waals surface area contributed by atoms with Gasteiger partial charge in [-0.1, -0.05) is 41.4 Å². The Kier molecular flexibility index (Phi) is 4.20. The quantitative estimate of drug-likeness (QED) is 0.715. The molecule has 1 unspecified atom stereocenters. The maximum absolute atomic E-state index is 6.26. The highest BCUT2D eigenvalue weighted by molar-refractivity contribution is 6.31. The molecule has 21 heavy (non-hydrogen) atoms. The lowest BCUT2D eigenvalue weighted by atomic mass is 9.92. The highest BCUT2D eigenvalue weighted by Gasteiger charge is 2.16. The van der Waals surface area contributed by atoms with E-state index in [0.29, 0.717) is 6.54 Å². The fourth-order valence-electron chi connectivity index (χ4n) is 2.70. The first-order chi connectivity index (χ1) is 10.2. The standard InChI is InChI=1S/C17H16Cl2N2/c18-13-5-6-17-14(8-13)15(10-21-17)12(9-20)7-11-3-1-2-4-16(11)19/h1-6,8,10,12,21H,7,9,20H2. The van der Waals surface area contributed by atoms with Crippen LogP contribution in [0.5, 0.6) is 0 Å². The van der Waals surface area contributed by atoms with Gasteiger partial charge in [0.15, 0.2) is 0 Å². The molecule has 0 aliphatic heterocycles. The second-order valence-electron chi connectivity index (χ2n) is 5.16. The number of halogens is 2. The molecular weight excluding hydrogens is 303 g/mol. The van der Waals surface area contributed by atoms with Crippen molar-refractivity contribution in [3.63, 3.8) is 0 Å². The minimum Gasteiger partial charge on any atom is -0.361 e. The van der Waals surface area contributed by atoms with Gasteiger partial charge in [-0.2, -0.15) is 0 Å². The van der Waals surface area contributed by atoms with E-state index in [1.54, 1.807) is 0 Å². The van der Waals surface area contributed by atoms with Crippen molar-refractivity contribution in [2.24, 2.45) is 5.73 Å². The van der Waals surface area contributed by atoms with Crippen LogP contribution in [-0.2, 0) is 6.42 Å². The van der Waals surface area contributed by atoms with Crippen molar-refractivity contribution >= 4 is 34.1 Å². The molecule has 0 bridgehead atoms. The van der Waals surface area contributed by atoms with Gasteiger partial charge >= 0.3 is 0 Å². The second-order valence-corrected chi connectivity index (χ2v) is 6.01. The van der Waals surface area contributed by atoms with Crippen LogP contribution >= 0.6 is 23.2 Å². The summed E-state index contributed by atoms with van der Waals surface area (Å²) in [6.07, 6.45) is 2.84. The molecule has 0 fully saturated rings. The lowest BCUT2D eigenvalue weighted by Gasteiger charge is -2.15. The van der Waals surface area contributed by atoms with Gasteiger partial charge in [0.25, 0.3) is 0 Å². The van der Waals surface area contributed by atoms with E-state index in [9.17, 15) is 0 Å². The first kappa shape index (κ1) is 14.5. The first-order valence-electron chi connectivity index (χ1n) is 6.89. The number of hydrogen-bond donors (Lipinski definition) is 2. The van der Waals surface area contributed by atoms with E-state index < -0.39 is 0 Å². The molecule has 2 nitrogen and oxygen atoms in total. The van der Waals surface area contributed by atoms with Crippen LogP contribution in [-0.4, -0.2) is 11.5 Å². The minimum absolute atomic E-state index is 0.206. The molecule has 3 aromatic rings. The average Bonchev–Trinajstić information content (AvgIpc) is 2.89. The number of nitrogens with one attached hydrogen (secondary N) is 1. The zero-order chi connectivity index (χ0) is 14.8. The molecule has 0 aliphatic carbocycles. The summed E-state index contributed by atoms with van der Waals surface area (Å²) >= 11 is 12.4. The summed E-state index contributed by atoms with van der Waals surface area (Å²) in [5.41, 5.74) is 9.38. The number of fused-ring (bicyclic) bond motifs is 1. The van der Waals surface area contributed by atoms with Gasteiger partial charge in [0.05, 0.1) is 0 Å². The van der Waals surface area contributed by atoms with Crippen LogP contribution in [0.15, 0.2) is 48.7 Å². The van der Waals surface area contributed by atoms with Crippen LogP contribution in [0.3, 0.4) is 0 Å². The molecular formula is C17H16Cl2N2. The van der Waals surface area contributed by atoms with Crippen molar-refractivity contribution < 1.29 is 0 Å². The van der Waals surface area contributed by atoms with Crippen LogP contribution in [0.2, 0.25) is 10.0 Å². The monoisotopic (exact) mass is 318 g/mol. The van der Waals surface area contributed by atoms with Crippen molar-refractivity contribution in [3.8, 4) is 0 Å².